The monoisotopic (exact) mass is 192 g/mol. The van der Waals surface area contributed by atoms with Crippen LogP contribution in [0.4, 0.5) is 0 Å². The summed E-state index contributed by atoms with van der Waals surface area (Å²) in [5.41, 5.74) is 1.98. The Kier molecular flexibility index (Phi) is 1.87. The first-order chi connectivity index (χ1) is 6.61. The first-order valence-corrected chi connectivity index (χ1v) is 4.53. The van der Waals surface area contributed by atoms with Crippen LogP contribution < -0.4 is 5.43 Å². The fourth-order valence-electron chi connectivity index (χ4n) is 1.70. The van der Waals surface area contributed by atoms with Crippen molar-refractivity contribution in [1.82, 2.24) is 19.8 Å². The summed E-state index contributed by atoms with van der Waals surface area (Å²) in [6, 6.07) is 0. The van der Waals surface area contributed by atoms with Gasteiger partial charge in [-0.05, 0) is 12.8 Å². The summed E-state index contributed by atoms with van der Waals surface area (Å²) in [5, 5.41) is 10.5. The molecular weight excluding hydrogens is 180 g/mol. The van der Waals surface area contributed by atoms with E-state index in [0.717, 1.165) is 11.3 Å². The maximum Gasteiger partial charge on any atom is 0.230 e. The van der Waals surface area contributed by atoms with Gasteiger partial charge in [0, 0.05) is 11.3 Å². The molecule has 0 aliphatic rings. The summed E-state index contributed by atoms with van der Waals surface area (Å²) in [5.74, 6) is 0.195. The number of aromatic amines is 1. The number of rotatable bonds is 1. The quantitative estimate of drug-likeness (QED) is 0.728. The van der Waals surface area contributed by atoms with Gasteiger partial charge < -0.3 is 0 Å². The highest BCUT2D eigenvalue weighted by Crippen LogP contribution is 2.12. The number of hydrogen-bond donors (Lipinski definition) is 1. The molecule has 0 atom stereocenters. The minimum Gasteiger partial charge on any atom is -0.295 e. The third kappa shape index (κ3) is 1.13. The van der Waals surface area contributed by atoms with Gasteiger partial charge in [0.05, 0.1) is 0 Å². The minimum atomic E-state index is -0.0336. The molecule has 0 saturated carbocycles. The molecule has 0 spiro atoms. The summed E-state index contributed by atoms with van der Waals surface area (Å²) in [6.07, 6.45) is 1.49. The Balaban J connectivity index is 2.90. The van der Waals surface area contributed by atoms with Crippen molar-refractivity contribution in [3.63, 3.8) is 0 Å². The van der Waals surface area contributed by atoms with Gasteiger partial charge >= 0.3 is 0 Å². The summed E-state index contributed by atoms with van der Waals surface area (Å²) in [7, 11) is 0. The second-order valence-electron chi connectivity index (χ2n) is 3.66. The Bertz CT molecular complexity index is 523. The van der Waals surface area contributed by atoms with Gasteiger partial charge in [-0.3, -0.25) is 9.89 Å². The summed E-state index contributed by atoms with van der Waals surface area (Å²) in [6.45, 7) is 5.87. The molecule has 0 radical (unpaired) electrons. The molecule has 5 heteroatoms. The zero-order chi connectivity index (χ0) is 10.3. The van der Waals surface area contributed by atoms with Crippen molar-refractivity contribution in [2.45, 2.75) is 26.7 Å². The number of aryl methyl sites for hydroxylation is 1. The molecule has 2 heterocycles. The lowest BCUT2D eigenvalue weighted by Gasteiger charge is -2.08. The third-order valence-corrected chi connectivity index (χ3v) is 2.26. The van der Waals surface area contributed by atoms with Crippen molar-refractivity contribution in [3.8, 4) is 0 Å². The van der Waals surface area contributed by atoms with Crippen LogP contribution in [0, 0.1) is 6.92 Å². The van der Waals surface area contributed by atoms with Crippen LogP contribution in [-0.4, -0.2) is 19.8 Å². The van der Waals surface area contributed by atoms with E-state index in [9.17, 15) is 4.79 Å². The van der Waals surface area contributed by atoms with E-state index >= 15 is 0 Å². The Morgan fingerprint density at radius 1 is 1.50 bits per heavy atom. The molecule has 0 unspecified atom stereocenters. The predicted molar refractivity (Wildman–Crippen MR) is 52.4 cm³/mol. The van der Waals surface area contributed by atoms with E-state index in [2.05, 4.69) is 15.3 Å². The molecule has 2 aromatic heterocycles. The van der Waals surface area contributed by atoms with E-state index in [0.29, 0.717) is 5.65 Å². The maximum atomic E-state index is 11.9. The Labute approximate surface area is 80.8 Å². The summed E-state index contributed by atoms with van der Waals surface area (Å²) < 4.78 is 1.55. The number of H-pyrrole nitrogens is 1. The molecule has 0 fully saturated rings. The Morgan fingerprint density at radius 2 is 2.21 bits per heavy atom. The van der Waals surface area contributed by atoms with E-state index < -0.39 is 0 Å². The highest BCUT2D eigenvalue weighted by molar-refractivity contribution is 5.41. The van der Waals surface area contributed by atoms with Crippen LogP contribution in [0.3, 0.4) is 0 Å². The van der Waals surface area contributed by atoms with Crippen molar-refractivity contribution >= 4 is 5.65 Å². The Hall–Kier alpha value is -1.65. The lowest BCUT2D eigenvalue weighted by Crippen LogP contribution is -2.18. The largest absolute Gasteiger partial charge is 0.295 e. The molecule has 0 amide bonds. The number of nitrogens with zero attached hydrogens (tertiary/aromatic N) is 3. The molecule has 2 rings (SSSR count). The van der Waals surface area contributed by atoms with E-state index in [-0.39, 0.29) is 11.3 Å². The lowest BCUT2D eigenvalue weighted by atomic mass is 10.0. The molecule has 0 bridgehead atoms. The van der Waals surface area contributed by atoms with E-state index in [1.165, 1.54) is 6.33 Å². The first kappa shape index (κ1) is 8.93. The van der Waals surface area contributed by atoms with Crippen LogP contribution in [0.1, 0.15) is 31.0 Å². The van der Waals surface area contributed by atoms with Gasteiger partial charge in [0.1, 0.15) is 6.33 Å². The average molecular weight is 192 g/mol. The number of hydrogen-bond acceptors (Lipinski definition) is 3. The van der Waals surface area contributed by atoms with Gasteiger partial charge in [-0.15, -0.1) is 10.2 Å². The topological polar surface area (TPSA) is 63.1 Å². The summed E-state index contributed by atoms with van der Waals surface area (Å²) >= 11 is 0. The van der Waals surface area contributed by atoms with Gasteiger partial charge in [-0.25, -0.2) is 4.52 Å². The first-order valence-electron chi connectivity index (χ1n) is 4.53. The van der Waals surface area contributed by atoms with Crippen LogP contribution in [0.5, 0.6) is 0 Å². The van der Waals surface area contributed by atoms with Gasteiger partial charge in [0.15, 0.2) is 0 Å². The van der Waals surface area contributed by atoms with E-state index in [1.807, 2.05) is 20.8 Å². The highest BCUT2D eigenvalue weighted by Gasteiger charge is 2.13. The van der Waals surface area contributed by atoms with E-state index in [1.54, 1.807) is 4.52 Å². The molecule has 1 N–H and O–H groups in total. The van der Waals surface area contributed by atoms with E-state index in [4.69, 9.17) is 0 Å². The maximum absolute atomic E-state index is 11.9. The molecule has 0 saturated heterocycles. The predicted octanol–water partition coefficient (Wildman–Crippen LogP) is 0.849. The molecule has 0 aliphatic heterocycles. The third-order valence-electron chi connectivity index (χ3n) is 2.26. The zero-order valence-electron chi connectivity index (χ0n) is 8.40. The molecule has 74 valence electrons. The molecule has 0 aliphatic carbocycles. The van der Waals surface area contributed by atoms with Crippen molar-refractivity contribution < 1.29 is 0 Å². The molecule has 14 heavy (non-hydrogen) atoms. The second kappa shape index (κ2) is 2.94. The average Bonchev–Trinajstić information content (AvgIpc) is 2.50. The van der Waals surface area contributed by atoms with Gasteiger partial charge in [-0.2, -0.15) is 0 Å². The summed E-state index contributed by atoms with van der Waals surface area (Å²) in [4.78, 5) is 11.9. The van der Waals surface area contributed by atoms with Crippen LogP contribution in [0.25, 0.3) is 5.65 Å². The standard InChI is InChI=1S/C9H12N4O/c1-5(2)7-6(3)12-13-4-10-11-9(13)8(7)14/h4-5,12H,1-3H3. The SMILES string of the molecule is Cc1[nH]n2cnnc2c(=O)c1C(C)C. The van der Waals surface area contributed by atoms with Crippen LogP contribution >= 0.6 is 0 Å². The zero-order valence-corrected chi connectivity index (χ0v) is 8.40. The normalized spacial score (nSPS) is 11.4. The highest BCUT2D eigenvalue weighted by atomic mass is 16.1. The molecule has 0 aromatic carbocycles. The van der Waals surface area contributed by atoms with Gasteiger partial charge in [0.2, 0.25) is 11.1 Å². The van der Waals surface area contributed by atoms with Crippen molar-refractivity contribution in [2.24, 2.45) is 0 Å². The fourth-order valence-corrected chi connectivity index (χ4v) is 1.70. The van der Waals surface area contributed by atoms with Gasteiger partial charge in [-0.1, -0.05) is 13.8 Å². The number of nitrogens with one attached hydrogen (secondary N) is 1. The number of aromatic nitrogens is 4. The van der Waals surface area contributed by atoms with Crippen molar-refractivity contribution in [2.75, 3.05) is 0 Å². The molecular formula is C9H12N4O. The molecule has 2 aromatic rings. The smallest absolute Gasteiger partial charge is 0.230 e. The van der Waals surface area contributed by atoms with Crippen LogP contribution in [0.15, 0.2) is 11.1 Å². The molecule has 5 nitrogen and oxygen atoms in total. The van der Waals surface area contributed by atoms with Gasteiger partial charge in [0.25, 0.3) is 0 Å². The lowest BCUT2D eigenvalue weighted by molar-refractivity contribution is 0.792. The van der Waals surface area contributed by atoms with Crippen LogP contribution in [0.2, 0.25) is 0 Å². The second-order valence-corrected chi connectivity index (χ2v) is 3.66. The fraction of sp³-hybridized carbons (Fsp3) is 0.444. The van der Waals surface area contributed by atoms with Crippen molar-refractivity contribution in [3.05, 3.63) is 27.8 Å². The minimum absolute atomic E-state index is 0.0336. The van der Waals surface area contributed by atoms with Crippen LogP contribution in [-0.2, 0) is 0 Å². The Morgan fingerprint density at radius 3 is 2.86 bits per heavy atom. The van der Waals surface area contributed by atoms with Crippen molar-refractivity contribution in [1.29, 1.82) is 0 Å². The number of fused-ring (bicyclic) bond motifs is 1.